The molecule has 0 saturated heterocycles. The van der Waals surface area contributed by atoms with Gasteiger partial charge in [-0.1, -0.05) is 30.7 Å². The molecular formula is C24H31NO4. The number of amides is 1. The zero-order chi connectivity index (χ0) is 19.8. The predicted octanol–water partition coefficient (Wildman–Crippen LogP) is 3.66. The largest absolute Gasteiger partial charge is 0.459 e. The van der Waals surface area contributed by atoms with E-state index in [1.807, 2.05) is 24.3 Å². The summed E-state index contributed by atoms with van der Waals surface area (Å²) in [4.78, 5) is 12.9. The van der Waals surface area contributed by atoms with Crippen LogP contribution in [0.4, 0.5) is 0 Å². The topological polar surface area (TPSA) is 67.8 Å². The number of benzene rings is 1. The van der Waals surface area contributed by atoms with Crippen LogP contribution < -0.4 is 5.32 Å². The Hall–Kier alpha value is -1.85. The van der Waals surface area contributed by atoms with Gasteiger partial charge in [0.05, 0.1) is 13.2 Å². The summed E-state index contributed by atoms with van der Waals surface area (Å²) in [5.41, 5.74) is 1.93. The molecule has 0 aromatic heterocycles. The van der Waals surface area contributed by atoms with Crippen LogP contribution in [0.5, 0.6) is 0 Å². The van der Waals surface area contributed by atoms with Crippen molar-refractivity contribution in [2.24, 2.45) is 23.7 Å². The van der Waals surface area contributed by atoms with Crippen molar-refractivity contribution >= 4 is 5.91 Å². The molecule has 5 rings (SSSR count). The van der Waals surface area contributed by atoms with Gasteiger partial charge in [-0.25, -0.2) is 0 Å². The lowest BCUT2D eigenvalue weighted by Gasteiger charge is -2.30. The van der Waals surface area contributed by atoms with E-state index in [2.05, 4.69) is 11.4 Å². The zero-order valence-electron chi connectivity index (χ0n) is 16.9. The molecule has 3 fully saturated rings. The van der Waals surface area contributed by atoms with Gasteiger partial charge in [0.25, 0.3) is 5.91 Å². The fourth-order valence-corrected chi connectivity index (χ4v) is 5.39. The normalized spacial score (nSPS) is 33.3. The number of aliphatic hydroxyl groups is 1. The van der Waals surface area contributed by atoms with Crippen LogP contribution in [0, 0.1) is 23.7 Å². The second-order valence-corrected chi connectivity index (χ2v) is 9.36. The lowest BCUT2D eigenvalue weighted by molar-refractivity contribution is -0.154. The second kappa shape index (κ2) is 8.11. The third-order valence-electron chi connectivity index (χ3n) is 7.24. The van der Waals surface area contributed by atoms with E-state index >= 15 is 0 Å². The zero-order valence-corrected chi connectivity index (χ0v) is 16.9. The van der Waals surface area contributed by atoms with Crippen molar-refractivity contribution in [3.05, 3.63) is 47.2 Å². The van der Waals surface area contributed by atoms with Gasteiger partial charge in [-0.2, -0.15) is 0 Å². The fourth-order valence-electron chi connectivity index (χ4n) is 5.39. The Labute approximate surface area is 172 Å². The van der Waals surface area contributed by atoms with Gasteiger partial charge >= 0.3 is 0 Å². The first-order valence-electron chi connectivity index (χ1n) is 11.2. The van der Waals surface area contributed by atoms with Crippen LogP contribution >= 0.6 is 0 Å². The molecule has 3 aliphatic carbocycles. The second-order valence-electron chi connectivity index (χ2n) is 9.36. The molecule has 5 nitrogen and oxygen atoms in total. The highest BCUT2D eigenvalue weighted by atomic mass is 16.7. The van der Waals surface area contributed by atoms with Crippen LogP contribution in [0.3, 0.4) is 0 Å². The van der Waals surface area contributed by atoms with E-state index in [4.69, 9.17) is 9.47 Å². The quantitative estimate of drug-likeness (QED) is 0.737. The van der Waals surface area contributed by atoms with Crippen molar-refractivity contribution < 1.29 is 19.4 Å². The van der Waals surface area contributed by atoms with Gasteiger partial charge in [0.1, 0.15) is 0 Å². The van der Waals surface area contributed by atoms with Crippen LogP contribution in [-0.2, 0) is 27.5 Å². The summed E-state index contributed by atoms with van der Waals surface area (Å²) in [5.74, 6) is 2.89. The number of ether oxygens (including phenoxy) is 2. The maximum atomic E-state index is 12.9. The van der Waals surface area contributed by atoms with Crippen LogP contribution in [0.2, 0.25) is 0 Å². The summed E-state index contributed by atoms with van der Waals surface area (Å²) in [6.45, 7) is 0.483. The molecule has 2 N–H and O–H groups in total. The van der Waals surface area contributed by atoms with Gasteiger partial charge in [0, 0.05) is 12.5 Å². The van der Waals surface area contributed by atoms with Gasteiger partial charge < -0.3 is 19.9 Å². The standard InChI is InChI=1S/C24H31NO4/c26-13-15-1-3-16(4-2-15)14-28-23-12-20(18-7-8-18)11-22(29-23)24(27)25-21-10-17-5-6-19(21)9-17/h1-4,11,17-21,23,26H,5-10,12-14H2,(H,25,27)/t17?,19?,20-,21?,23+/m1/s1. The van der Waals surface area contributed by atoms with Crippen molar-refractivity contribution in [2.75, 3.05) is 0 Å². The minimum atomic E-state index is -0.385. The molecule has 1 aliphatic heterocycles. The molecule has 29 heavy (non-hydrogen) atoms. The molecule has 3 saturated carbocycles. The number of hydrogen-bond acceptors (Lipinski definition) is 4. The van der Waals surface area contributed by atoms with Gasteiger partial charge in [-0.3, -0.25) is 4.79 Å². The maximum absolute atomic E-state index is 12.9. The first kappa shape index (κ1) is 19.1. The SMILES string of the molecule is O=C(NC1CC2CCC1C2)C1=C[C@@H](C2CC2)C[C@@H](OCc2ccc(CO)cc2)O1. The number of carbonyl (C=O) groups is 1. The van der Waals surface area contributed by atoms with E-state index in [9.17, 15) is 9.90 Å². The molecule has 5 heteroatoms. The Balaban J connectivity index is 1.20. The molecule has 156 valence electrons. The Bertz CT molecular complexity index is 770. The lowest BCUT2D eigenvalue weighted by Crippen LogP contribution is -2.41. The Morgan fingerprint density at radius 2 is 1.79 bits per heavy atom. The molecule has 2 bridgehead atoms. The minimum Gasteiger partial charge on any atom is -0.459 e. The molecule has 1 heterocycles. The highest BCUT2D eigenvalue weighted by Gasteiger charge is 2.42. The number of allylic oxidation sites excluding steroid dienone is 1. The number of nitrogens with one attached hydrogen (secondary N) is 1. The van der Waals surface area contributed by atoms with Crippen molar-refractivity contribution in [3.8, 4) is 0 Å². The van der Waals surface area contributed by atoms with Crippen LogP contribution in [0.15, 0.2) is 36.1 Å². The monoisotopic (exact) mass is 397 g/mol. The van der Waals surface area contributed by atoms with Crippen LogP contribution in [0.1, 0.15) is 56.1 Å². The number of fused-ring (bicyclic) bond motifs is 2. The molecule has 1 amide bonds. The maximum Gasteiger partial charge on any atom is 0.286 e. The van der Waals surface area contributed by atoms with E-state index in [1.54, 1.807) is 0 Å². The summed E-state index contributed by atoms with van der Waals surface area (Å²) in [6, 6.07) is 8.05. The van der Waals surface area contributed by atoms with E-state index in [0.29, 0.717) is 36.2 Å². The average Bonchev–Trinajstić information content (AvgIpc) is 3.41. The first-order valence-corrected chi connectivity index (χ1v) is 11.2. The van der Waals surface area contributed by atoms with Gasteiger partial charge in [-0.15, -0.1) is 0 Å². The summed E-state index contributed by atoms with van der Waals surface area (Å²) in [6.07, 6.45) is 9.92. The summed E-state index contributed by atoms with van der Waals surface area (Å²) < 4.78 is 12.0. The Morgan fingerprint density at radius 3 is 2.45 bits per heavy atom. The molecule has 1 aromatic rings. The van der Waals surface area contributed by atoms with E-state index < -0.39 is 0 Å². The molecular weight excluding hydrogens is 366 g/mol. The highest BCUT2D eigenvalue weighted by Crippen LogP contribution is 2.45. The van der Waals surface area contributed by atoms with Crippen LogP contribution in [0.25, 0.3) is 0 Å². The molecule has 5 atom stereocenters. The van der Waals surface area contributed by atoms with Crippen molar-refractivity contribution in [1.29, 1.82) is 0 Å². The molecule has 0 radical (unpaired) electrons. The molecule has 1 aromatic carbocycles. The average molecular weight is 398 g/mol. The van der Waals surface area contributed by atoms with Gasteiger partial charge in [-0.05, 0) is 73.0 Å². The van der Waals surface area contributed by atoms with Crippen molar-refractivity contribution in [3.63, 3.8) is 0 Å². The van der Waals surface area contributed by atoms with Crippen molar-refractivity contribution in [2.45, 2.75) is 70.5 Å². The summed E-state index contributed by atoms with van der Waals surface area (Å²) >= 11 is 0. The third kappa shape index (κ3) is 4.36. The first-order chi connectivity index (χ1) is 14.2. The van der Waals surface area contributed by atoms with E-state index in [-0.39, 0.29) is 18.8 Å². The molecule has 3 unspecified atom stereocenters. The smallest absolute Gasteiger partial charge is 0.286 e. The summed E-state index contributed by atoms with van der Waals surface area (Å²) in [5, 5.41) is 12.4. The fraction of sp³-hybridized carbons (Fsp3) is 0.625. The Kier molecular flexibility index (Phi) is 5.35. The van der Waals surface area contributed by atoms with E-state index in [0.717, 1.165) is 29.9 Å². The number of hydrogen-bond donors (Lipinski definition) is 2. The summed E-state index contributed by atoms with van der Waals surface area (Å²) in [7, 11) is 0. The predicted molar refractivity (Wildman–Crippen MR) is 108 cm³/mol. The lowest BCUT2D eigenvalue weighted by atomic mass is 9.94. The van der Waals surface area contributed by atoms with Crippen LogP contribution in [-0.4, -0.2) is 23.3 Å². The highest BCUT2D eigenvalue weighted by molar-refractivity contribution is 5.91. The molecule has 4 aliphatic rings. The van der Waals surface area contributed by atoms with Gasteiger partial charge in [0.2, 0.25) is 6.29 Å². The molecule has 0 spiro atoms. The van der Waals surface area contributed by atoms with Gasteiger partial charge in [0.15, 0.2) is 5.76 Å². The number of rotatable bonds is 7. The van der Waals surface area contributed by atoms with Crippen molar-refractivity contribution in [1.82, 2.24) is 5.32 Å². The van der Waals surface area contributed by atoms with E-state index in [1.165, 1.54) is 32.1 Å². The Morgan fingerprint density at radius 1 is 1.03 bits per heavy atom. The number of aliphatic hydroxyl groups excluding tert-OH is 1. The minimum absolute atomic E-state index is 0.0435. The third-order valence-corrected chi connectivity index (χ3v) is 7.24. The number of carbonyl (C=O) groups excluding carboxylic acids is 1.